The molecule has 0 saturated heterocycles. The predicted molar refractivity (Wildman–Crippen MR) is 96.3 cm³/mol. The molecule has 25 heavy (non-hydrogen) atoms. The fourth-order valence-corrected chi connectivity index (χ4v) is 3.67. The molecule has 1 aliphatic rings. The third-order valence-electron chi connectivity index (χ3n) is 4.26. The molecule has 0 unspecified atom stereocenters. The van der Waals surface area contributed by atoms with E-state index in [4.69, 9.17) is 0 Å². The Kier molecular flexibility index (Phi) is 5.51. The van der Waals surface area contributed by atoms with Crippen molar-refractivity contribution in [3.05, 3.63) is 33.5 Å². The second-order valence-electron chi connectivity index (χ2n) is 6.77. The van der Waals surface area contributed by atoms with Crippen molar-refractivity contribution < 1.29 is 9.90 Å². The summed E-state index contributed by atoms with van der Waals surface area (Å²) in [6, 6.07) is 1.92. The number of thiazole rings is 1. The fourth-order valence-electron chi connectivity index (χ4n) is 3.06. The summed E-state index contributed by atoms with van der Waals surface area (Å²) < 4.78 is 1.93. The van der Waals surface area contributed by atoms with E-state index >= 15 is 0 Å². The number of aliphatic hydroxyl groups is 1. The maximum atomic E-state index is 12.6. The van der Waals surface area contributed by atoms with Gasteiger partial charge >= 0.3 is 0 Å². The summed E-state index contributed by atoms with van der Waals surface area (Å²) >= 11 is 1.57. The number of fused-ring (bicyclic) bond motifs is 1. The molecule has 3 heterocycles. The van der Waals surface area contributed by atoms with Gasteiger partial charge in [-0.25, -0.2) is 4.98 Å². The average molecular weight is 363 g/mol. The molecule has 0 radical (unpaired) electrons. The smallest absolute Gasteiger partial charge is 0.228 e. The number of nitrogens with zero attached hydrogens (tertiary/aromatic N) is 5. The highest BCUT2D eigenvalue weighted by Gasteiger charge is 2.23. The van der Waals surface area contributed by atoms with Crippen LogP contribution < -0.4 is 0 Å². The monoisotopic (exact) mass is 363 g/mol. The lowest BCUT2D eigenvalue weighted by molar-refractivity contribution is -0.131. The highest BCUT2D eigenvalue weighted by atomic mass is 32.1. The van der Waals surface area contributed by atoms with Crippen molar-refractivity contribution in [3.63, 3.8) is 0 Å². The molecule has 1 atom stereocenters. The van der Waals surface area contributed by atoms with E-state index in [9.17, 15) is 9.90 Å². The first-order chi connectivity index (χ1) is 11.9. The van der Waals surface area contributed by atoms with E-state index in [1.54, 1.807) is 11.3 Å². The molecule has 0 saturated carbocycles. The summed E-state index contributed by atoms with van der Waals surface area (Å²) in [7, 11) is 3.84. The van der Waals surface area contributed by atoms with Crippen LogP contribution in [0, 0.1) is 6.92 Å². The van der Waals surface area contributed by atoms with Crippen molar-refractivity contribution in [1.82, 2.24) is 24.6 Å². The fraction of sp³-hybridized carbons (Fsp3) is 0.588. The Morgan fingerprint density at radius 1 is 1.44 bits per heavy atom. The predicted octanol–water partition coefficient (Wildman–Crippen LogP) is 1.22. The lowest BCUT2D eigenvalue weighted by atomic mass is 10.2. The zero-order valence-electron chi connectivity index (χ0n) is 15.0. The SMILES string of the molecule is Cc1nc(CC(=O)N2CCCn3nc([C@@H](O)CN(C)C)cc3C2)cs1. The second kappa shape index (κ2) is 7.63. The van der Waals surface area contributed by atoms with Crippen molar-refractivity contribution in [3.8, 4) is 0 Å². The van der Waals surface area contributed by atoms with Crippen LogP contribution in [0.4, 0.5) is 0 Å². The molecule has 0 spiro atoms. The summed E-state index contributed by atoms with van der Waals surface area (Å²) in [5.74, 6) is 0.0929. The van der Waals surface area contributed by atoms with Crippen LogP contribution >= 0.6 is 11.3 Å². The van der Waals surface area contributed by atoms with Crippen LogP contribution in [-0.4, -0.2) is 62.8 Å². The number of amides is 1. The molecule has 1 N–H and O–H groups in total. The van der Waals surface area contributed by atoms with Crippen LogP contribution in [0.5, 0.6) is 0 Å². The van der Waals surface area contributed by atoms with Gasteiger partial charge in [-0.1, -0.05) is 0 Å². The molecule has 2 aromatic rings. The molecular formula is C17H25N5O2S. The van der Waals surface area contributed by atoms with E-state index < -0.39 is 6.10 Å². The molecule has 0 bridgehead atoms. The van der Waals surface area contributed by atoms with Gasteiger partial charge in [0, 0.05) is 25.0 Å². The van der Waals surface area contributed by atoms with Gasteiger partial charge in [0.05, 0.1) is 35.1 Å². The number of hydrogen-bond donors (Lipinski definition) is 1. The maximum absolute atomic E-state index is 12.6. The Hall–Kier alpha value is -1.77. The zero-order chi connectivity index (χ0) is 18.0. The third-order valence-corrected chi connectivity index (χ3v) is 5.09. The number of hydrogen-bond acceptors (Lipinski definition) is 6. The molecule has 1 aliphatic heterocycles. The van der Waals surface area contributed by atoms with Crippen molar-refractivity contribution in [1.29, 1.82) is 0 Å². The first-order valence-corrected chi connectivity index (χ1v) is 9.38. The molecule has 3 rings (SSSR count). The maximum Gasteiger partial charge on any atom is 0.228 e. The Labute approximate surface area is 151 Å². The molecule has 1 amide bonds. The van der Waals surface area contributed by atoms with Gasteiger partial charge in [0.1, 0.15) is 6.10 Å². The van der Waals surface area contributed by atoms with Crippen molar-refractivity contribution >= 4 is 17.2 Å². The quantitative estimate of drug-likeness (QED) is 0.865. The number of carbonyl (C=O) groups excluding carboxylic acids is 1. The zero-order valence-corrected chi connectivity index (χ0v) is 15.8. The number of aryl methyl sites for hydroxylation is 2. The lowest BCUT2D eigenvalue weighted by Crippen LogP contribution is -2.32. The summed E-state index contributed by atoms with van der Waals surface area (Å²) in [4.78, 5) is 20.8. The summed E-state index contributed by atoms with van der Waals surface area (Å²) in [5.41, 5.74) is 2.49. The standard InChI is InChI=1S/C17H25N5O2S/c1-12-18-13(11-25-12)7-17(24)21-5-4-6-22-14(9-21)8-15(19-22)16(23)10-20(2)3/h8,11,16,23H,4-7,9-10H2,1-3H3/t16-/m0/s1. The largest absolute Gasteiger partial charge is 0.385 e. The van der Waals surface area contributed by atoms with E-state index in [2.05, 4.69) is 10.1 Å². The van der Waals surface area contributed by atoms with Crippen LogP contribution in [0.2, 0.25) is 0 Å². The molecular weight excluding hydrogens is 338 g/mol. The Bertz CT molecular complexity index is 739. The first-order valence-electron chi connectivity index (χ1n) is 8.50. The molecule has 7 nitrogen and oxygen atoms in total. The normalized spacial score (nSPS) is 16.0. The van der Waals surface area contributed by atoms with Crippen LogP contribution in [0.3, 0.4) is 0 Å². The van der Waals surface area contributed by atoms with E-state index in [1.165, 1.54) is 0 Å². The van der Waals surface area contributed by atoms with Crippen LogP contribution in [0.15, 0.2) is 11.4 Å². The number of carbonyl (C=O) groups is 1. The van der Waals surface area contributed by atoms with Crippen LogP contribution in [-0.2, 0) is 24.3 Å². The van der Waals surface area contributed by atoms with Crippen LogP contribution in [0.25, 0.3) is 0 Å². The minimum atomic E-state index is -0.614. The molecule has 136 valence electrons. The van der Waals surface area contributed by atoms with Gasteiger partial charge in [-0.2, -0.15) is 5.10 Å². The Balaban J connectivity index is 1.69. The summed E-state index contributed by atoms with van der Waals surface area (Å²) in [6.45, 7) is 4.50. The van der Waals surface area contributed by atoms with Gasteiger partial charge < -0.3 is 14.9 Å². The van der Waals surface area contributed by atoms with Crippen molar-refractivity contribution in [2.45, 2.75) is 39.0 Å². The molecule has 8 heteroatoms. The number of rotatable bonds is 5. The van der Waals surface area contributed by atoms with Gasteiger partial charge in [-0.05, 0) is 33.5 Å². The summed E-state index contributed by atoms with van der Waals surface area (Å²) in [6.07, 6.45) is 0.588. The van der Waals surface area contributed by atoms with Crippen molar-refractivity contribution in [2.24, 2.45) is 0 Å². The van der Waals surface area contributed by atoms with Gasteiger partial charge in [-0.3, -0.25) is 9.48 Å². The van der Waals surface area contributed by atoms with Gasteiger partial charge in [0.2, 0.25) is 5.91 Å². The van der Waals surface area contributed by atoms with E-state index in [0.717, 1.165) is 35.9 Å². The first kappa shape index (κ1) is 18.0. The number of aromatic nitrogens is 3. The van der Waals surface area contributed by atoms with Gasteiger partial charge in [-0.15, -0.1) is 11.3 Å². The lowest BCUT2D eigenvalue weighted by Gasteiger charge is -2.19. The molecule has 0 aromatic carbocycles. The molecule has 2 aromatic heterocycles. The number of likely N-dealkylation sites (N-methyl/N-ethyl adjacent to an activating group) is 1. The van der Waals surface area contributed by atoms with E-state index in [1.807, 2.05) is 46.9 Å². The minimum Gasteiger partial charge on any atom is -0.385 e. The average Bonchev–Trinajstić information content (AvgIpc) is 3.07. The third kappa shape index (κ3) is 4.45. The molecule has 0 fully saturated rings. The summed E-state index contributed by atoms with van der Waals surface area (Å²) in [5, 5.41) is 17.7. The Morgan fingerprint density at radius 2 is 2.24 bits per heavy atom. The van der Waals surface area contributed by atoms with Gasteiger partial charge in [0.25, 0.3) is 0 Å². The van der Waals surface area contributed by atoms with Crippen molar-refractivity contribution in [2.75, 3.05) is 27.2 Å². The molecule has 0 aliphatic carbocycles. The second-order valence-corrected chi connectivity index (χ2v) is 7.83. The Morgan fingerprint density at radius 3 is 2.92 bits per heavy atom. The highest BCUT2D eigenvalue weighted by molar-refractivity contribution is 7.09. The van der Waals surface area contributed by atoms with Gasteiger partial charge in [0.15, 0.2) is 0 Å². The van der Waals surface area contributed by atoms with E-state index in [0.29, 0.717) is 25.2 Å². The highest BCUT2D eigenvalue weighted by Crippen LogP contribution is 2.19. The number of aliphatic hydroxyl groups excluding tert-OH is 1. The topological polar surface area (TPSA) is 74.5 Å². The van der Waals surface area contributed by atoms with E-state index in [-0.39, 0.29) is 5.91 Å². The van der Waals surface area contributed by atoms with Crippen LogP contribution in [0.1, 0.15) is 34.6 Å². The minimum absolute atomic E-state index is 0.0929.